The third-order valence-electron chi connectivity index (χ3n) is 8.77. The summed E-state index contributed by atoms with van der Waals surface area (Å²) in [5.74, 6) is -2.92. The van der Waals surface area contributed by atoms with Gasteiger partial charge >= 0.3 is 88.7 Å². The number of allylic oxidation sites excluding steroid dienone is 8. The molecule has 0 fully saturated rings. The van der Waals surface area contributed by atoms with E-state index in [9.17, 15) is 56.3 Å². The van der Waals surface area contributed by atoms with Crippen LogP contribution in [0.5, 0.6) is 0 Å². The van der Waals surface area contributed by atoms with E-state index >= 15 is 0 Å². The van der Waals surface area contributed by atoms with Gasteiger partial charge < -0.3 is 23.1 Å². The van der Waals surface area contributed by atoms with Crippen LogP contribution in [-0.4, -0.2) is 86.8 Å². The molecule has 0 unspecified atom stereocenters. The van der Waals surface area contributed by atoms with Crippen molar-refractivity contribution in [2.75, 3.05) is 29.5 Å². The molecule has 55 heavy (non-hydrogen) atoms. The van der Waals surface area contributed by atoms with E-state index in [1.54, 1.807) is 98.2 Å². The molecule has 0 spiro atoms. The van der Waals surface area contributed by atoms with Crippen LogP contribution in [0.4, 0.5) is 15.8 Å². The van der Waals surface area contributed by atoms with Crippen LogP contribution < -0.4 is 93.6 Å². The first kappa shape index (κ1) is 53.2. The molecule has 0 radical (unpaired) electrons. The molecule has 2 aliphatic rings. The summed E-state index contributed by atoms with van der Waals surface area (Å²) in [5.41, 5.74) is 0.759. The summed E-state index contributed by atoms with van der Waals surface area (Å²) in [6, 6.07) is 4.26. The van der Waals surface area contributed by atoms with Crippen molar-refractivity contribution < 1.29 is 150 Å². The predicted molar refractivity (Wildman–Crippen MR) is 194 cm³/mol. The Morgan fingerprint density at radius 1 is 0.836 bits per heavy atom. The Kier molecular flexibility index (Phi) is 18.6. The molecule has 284 valence electrons. The first-order chi connectivity index (χ1) is 23.6. The largest absolute Gasteiger partial charge is 1.00 e. The standard InChI is InChI=1S/C32H36FIN2O12S4.3Na/c1-20(8-6-10-27-31(2,3)21-18-26(52(46,47)48)22(33)19-24(21)36(27)15-17-50(40,41)42)9-7-11-28-32(4,5)29-23(35(28)14-16-49(37,38)39)12-13-25(30(29)34)51(43,44)45;;;/h6-13,18-19H,14-17H2,1-5H3,(H3-,37,38,39,40,41,42,43,44,45,46,47,48);;;/q;3*+1/p-3/i33-1,34-2;;;. The average molecular weight is 978 g/mol. The van der Waals surface area contributed by atoms with Crippen LogP contribution in [0.1, 0.15) is 45.7 Å². The molecule has 0 N–H and O–H groups in total. The SMILES string of the molecule is CC(/C=C/C=C1/N(CCS(=O)(=O)[O-])c2cc([18F])c(S(=O)(=O)[O-])cc2C1(C)C)=C\C=C\C1=[N+](CCS(=O)(=O)[O-])c2ccc(S(=O)(=O)[O-])c([125I])c2C1(C)C.[Na+].[Na+].[Na+]. The summed E-state index contributed by atoms with van der Waals surface area (Å²) in [6.45, 7) is 7.93. The van der Waals surface area contributed by atoms with Gasteiger partial charge in [0.05, 0.1) is 42.4 Å². The molecule has 4 rings (SSSR count). The van der Waals surface area contributed by atoms with Gasteiger partial charge in [0, 0.05) is 39.1 Å². The third kappa shape index (κ3) is 12.4. The van der Waals surface area contributed by atoms with E-state index in [0.717, 1.165) is 18.2 Å². The molecule has 2 aliphatic heterocycles. The van der Waals surface area contributed by atoms with Gasteiger partial charge in [0.1, 0.15) is 36.2 Å². The van der Waals surface area contributed by atoms with Crippen molar-refractivity contribution in [3.63, 3.8) is 0 Å². The molecule has 14 nitrogen and oxygen atoms in total. The zero-order chi connectivity index (χ0) is 39.4. The number of halogens is 2. The molecule has 2 aromatic carbocycles. The van der Waals surface area contributed by atoms with Crippen LogP contribution in [0.15, 0.2) is 81.8 Å². The fourth-order valence-electron chi connectivity index (χ4n) is 6.34. The molecule has 23 heteroatoms. The van der Waals surface area contributed by atoms with Gasteiger partial charge in [0.2, 0.25) is 5.69 Å². The maximum absolute atomic E-state index is 14.8. The van der Waals surface area contributed by atoms with Crippen LogP contribution in [-0.2, 0) is 51.3 Å². The van der Waals surface area contributed by atoms with Gasteiger partial charge in [-0.1, -0.05) is 43.7 Å². The fourth-order valence-corrected chi connectivity index (χ4v) is 10.2. The topological polar surface area (TPSA) is 235 Å². The molecule has 0 amide bonds. The summed E-state index contributed by atoms with van der Waals surface area (Å²) in [4.78, 5) is -0.126. The van der Waals surface area contributed by atoms with Gasteiger partial charge in [0.15, 0.2) is 12.3 Å². The van der Waals surface area contributed by atoms with Crippen LogP contribution >= 0.6 is 22.6 Å². The van der Waals surface area contributed by atoms with Crippen molar-refractivity contribution in [1.29, 1.82) is 0 Å². The number of anilines is 1. The Balaban J connectivity index is 0.00000504. The summed E-state index contributed by atoms with van der Waals surface area (Å²) >= 11 is 1.76. The van der Waals surface area contributed by atoms with E-state index in [4.69, 9.17) is 0 Å². The third-order valence-corrected chi connectivity index (χ3v) is 13.4. The quantitative estimate of drug-likeness (QED) is 0.0636. The minimum Gasteiger partial charge on any atom is -0.748 e. The fraction of sp³-hybridized carbons (Fsp3) is 0.344. The second kappa shape index (κ2) is 19.3. The number of nitrogens with zero attached hydrogens (tertiary/aromatic N) is 2. The molecular weight excluding hydrogens is 944 g/mol. The minimum absolute atomic E-state index is 0. The van der Waals surface area contributed by atoms with Gasteiger partial charge in [-0.2, -0.15) is 4.58 Å². The van der Waals surface area contributed by atoms with E-state index in [1.165, 1.54) is 11.0 Å². The van der Waals surface area contributed by atoms with E-state index in [1.807, 2.05) is 0 Å². The van der Waals surface area contributed by atoms with E-state index in [0.29, 0.717) is 28.2 Å². The summed E-state index contributed by atoms with van der Waals surface area (Å²) in [7, 11) is -19.4. The number of rotatable bonds is 12. The molecule has 2 aromatic rings. The molecule has 0 saturated heterocycles. The molecule has 0 atom stereocenters. The minimum atomic E-state index is -5.18. The van der Waals surface area contributed by atoms with Crippen molar-refractivity contribution in [2.45, 2.75) is 55.2 Å². The zero-order valence-corrected chi connectivity index (χ0v) is 42.7. The van der Waals surface area contributed by atoms with Gasteiger partial charge in [-0.15, -0.1) is 0 Å². The number of hydrogen-bond donors (Lipinski definition) is 0. The average Bonchev–Trinajstić information content (AvgIpc) is 3.30. The van der Waals surface area contributed by atoms with Crippen molar-refractivity contribution in [3.05, 3.63) is 92.5 Å². The van der Waals surface area contributed by atoms with E-state index in [2.05, 4.69) is 0 Å². The first-order valence-electron chi connectivity index (χ1n) is 15.2. The molecule has 0 saturated carbocycles. The Morgan fingerprint density at radius 3 is 1.93 bits per heavy atom. The number of fused-ring (bicyclic) bond motifs is 2. The molecular formula is C32H33FIN2Na3O12S4. The van der Waals surface area contributed by atoms with E-state index < -0.39 is 78.4 Å². The number of benzene rings is 2. The normalized spacial score (nSPS) is 17.6. The van der Waals surface area contributed by atoms with Gasteiger partial charge in [0.25, 0.3) is 0 Å². The Hall–Kier alpha value is 0.170. The smallest absolute Gasteiger partial charge is 0.748 e. The van der Waals surface area contributed by atoms with Crippen LogP contribution in [0.25, 0.3) is 0 Å². The molecule has 0 aliphatic carbocycles. The predicted octanol–water partition coefficient (Wildman–Crippen LogP) is -5.54. The van der Waals surface area contributed by atoms with Crippen LogP contribution in [0.2, 0.25) is 0 Å². The molecule has 0 bridgehead atoms. The Labute approximate surface area is 401 Å². The zero-order valence-electron chi connectivity index (χ0n) is 31.3. The first-order valence-corrected chi connectivity index (χ1v) is 22.2. The van der Waals surface area contributed by atoms with E-state index in [-0.39, 0.29) is 117 Å². The van der Waals surface area contributed by atoms with Gasteiger partial charge in [-0.3, -0.25) is 0 Å². The Bertz CT molecular complexity index is 2470. The maximum atomic E-state index is 14.8. The summed E-state index contributed by atoms with van der Waals surface area (Å²) < 4.78 is 157. The van der Waals surface area contributed by atoms with Crippen LogP contribution in [0, 0.1) is 9.39 Å². The monoisotopic (exact) mass is 977 g/mol. The Morgan fingerprint density at radius 2 is 1.40 bits per heavy atom. The van der Waals surface area contributed by atoms with Gasteiger partial charge in [-0.05, 0) is 73.2 Å². The summed E-state index contributed by atoms with van der Waals surface area (Å²) in [6.07, 6.45) is 9.79. The van der Waals surface area contributed by atoms with Crippen molar-refractivity contribution >= 4 is 80.1 Å². The number of hydrogen-bond acceptors (Lipinski definition) is 13. The summed E-state index contributed by atoms with van der Waals surface area (Å²) in [5, 5.41) is 0. The maximum Gasteiger partial charge on any atom is 1.00 e. The molecule has 2 heterocycles. The second-order valence-corrected chi connectivity index (χ2v) is 19.9. The van der Waals surface area contributed by atoms with Gasteiger partial charge in [-0.25, -0.2) is 38.1 Å². The van der Waals surface area contributed by atoms with Crippen molar-refractivity contribution in [3.8, 4) is 0 Å². The second-order valence-electron chi connectivity index (χ2n) is 13.1. The van der Waals surface area contributed by atoms with Crippen LogP contribution in [0.3, 0.4) is 0 Å². The van der Waals surface area contributed by atoms with Crippen molar-refractivity contribution in [1.82, 2.24) is 0 Å². The molecule has 0 aromatic heterocycles. The van der Waals surface area contributed by atoms with Crippen molar-refractivity contribution in [2.24, 2.45) is 0 Å².